The van der Waals surface area contributed by atoms with Crippen LogP contribution in [0.1, 0.15) is 33.9 Å². The van der Waals surface area contributed by atoms with Gasteiger partial charge in [0.2, 0.25) is 0 Å². The second-order valence-corrected chi connectivity index (χ2v) is 14.9. The fourth-order valence-corrected chi connectivity index (χ4v) is 9.58. The van der Waals surface area contributed by atoms with Gasteiger partial charge in [0, 0.05) is 34.4 Å². The average Bonchev–Trinajstić information content (AvgIpc) is 3.78. The maximum atomic E-state index is 5.34. The molecule has 2 aliphatic rings. The van der Waals surface area contributed by atoms with Crippen molar-refractivity contribution in [2.75, 3.05) is 0 Å². The molecule has 6 aromatic carbocycles. The van der Waals surface area contributed by atoms with E-state index in [2.05, 4.69) is 205 Å². The van der Waals surface area contributed by atoms with E-state index < -0.39 is 5.41 Å². The number of allylic oxidation sites excluding steroid dienone is 4. The van der Waals surface area contributed by atoms with E-state index in [1.165, 1.54) is 44.2 Å². The molecule has 0 amide bonds. The largest absolute Gasteiger partial charge is 0.294 e. The van der Waals surface area contributed by atoms with Crippen LogP contribution in [0.4, 0.5) is 0 Å². The Morgan fingerprint density at radius 3 is 2.02 bits per heavy atom. The Bertz CT molecular complexity index is 2860. The maximum Gasteiger partial charge on any atom is 0.138 e. The fourth-order valence-electron chi connectivity index (χ4n) is 9.58. The van der Waals surface area contributed by atoms with E-state index in [4.69, 9.17) is 9.97 Å². The van der Waals surface area contributed by atoms with Crippen LogP contribution >= 0.6 is 0 Å². The monoisotopic (exact) mass is 715 g/mol. The highest BCUT2D eigenvalue weighted by Crippen LogP contribution is 2.60. The highest BCUT2D eigenvalue weighted by molar-refractivity contribution is 6.10. The van der Waals surface area contributed by atoms with Gasteiger partial charge in [-0.2, -0.15) is 0 Å². The number of hydrogen-bond acceptors (Lipinski definition) is 2. The first kappa shape index (κ1) is 32.3. The van der Waals surface area contributed by atoms with Crippen LogP contribution in [0, 0.1) is 5.92 Å². The Hall–Kier alpha value is -7.10. The number of fused-ring (bicyclic) bond motifs is 6. The predicted molar refractivity (Wildman–Crippen MR) is 230 cm³/mol. The van der Waals surface area contributed by atoms with E-state index in [0.29, 0.717) is 0 Å². The van der Waals surface area contributed by atoms with Crippen LogP contribution in [0.2, 0.25) is 0 Å². The van der Waals surface area contributed by atoms with Gasteiger partial charge in [0.15, 0.2) is 0 Å². The minimum absolute atomic E-state index is 0.174. The lowest BCUT2D eigenvalue weighted by molar-refractivity contribution is 0.447. The number of rotatable bonds is 6. The highest BCUT2D eigenvalue weighted by Gasteiger charge is 2.54. The van der Waals surface area contributed by atoms with Crippen LogP contribution < -0.4 is 0 Å². The van der Waals surface area contributed by atoms with Crippen LogP contribution in [0.3, 0.4) is 0 Å². The molecule has 56 heavy (non-hydrogen) atoms. The van der Waals surface area contributed by atoms with Crippen LogP contribution in [0.5, 0.6) is 0 Å². The van der Waals surface area contributed by atoms with Gasteiger partial charge in [0.05, 0.1) is 27.8 Å². The molecule has 0 bridgehead atoms. The van der Waals surface area contributed by atoms with Crippen molar-refractivity contribution in [3.05, 3.63) is 240 Å². The molecule has 3 heterocycles. The van der Waals surface area contributed by atoms with Crippen molar-refractivity contribution in [1.29, 1.82) is 0 Å². The molecule has 0 aliphatic heterocycles. The zero-order chi connectivity index (χ0) is 37.1. The number of para-hydroxylation sites is 1. The standard InChI is InChI=1S/C53H37N3/c1-4-16-36(17-5-1)40-34-48(37-18-6-2-7-19-37)55-52(35-40)56-49-25-13-11-23-43(49)45-33-39(28-30-50(45)56)38-27-29-47-44(32-38)42-22-10-12-24-46(42)53(47,41-20-8-3-9-21-41)51-26-14-15-31-54-51/h1-35,44,47H. The number of aromatic nitrogens is 3. The third-order valence-corrected chi connectivity index (χ3v) is 12.0. The molecule has 0 radical (unpaired) electrons. The van der Waals surface area contributed by atoms with Gasteiger partial charge in [0.1, 0.15) is 5.82 Å². The van der Waals surface area contributed by atoms with Crippen LogP contribution in [-0.2, 0) is 5.41 Å². The zero-order valence-electron chi connectivity index (χ0n) is 30.7. The summed E-state index contributed by atoms with van der Waals surface area (Å²) in [5.74, 6) is 1.26. The van der Waals surface area contributed by atoms with Gasteiger partial charge in [-0.05, 0) is 81.4 Å². The molecule has 2 aliphatic carbocycles. The molecule has 0 saturated heterocycles. The van der Waals surface area contributed by atoms with Gasteiger partial charge in [-0.25, -0.2) is 4.98 Å². The predicted octanol–water partition coefficient (Wildman–Crippen LogP) is 12.6. The van der Waals surface area contributed by atoms with Crippen LogP contribution in [0.15, 0.2) is 212 Å². The lowest BCUT2D eigenvalue weighted by Gasteiger charge is -2.38. The minimum atomic E-state index is -0.403. The van der Waals surface area contributed by atoms with Crippen molar-refractivity contribution in [2.24, 2.45) is 5.92 Å². The smallest absolute Gasteiger partial charge is 0.138 e. The summed E-state index contributed by atoms with van der Waals surface area (Å²) in [6.45, 7) is 0. The molecule has 3 atom stereocenters. The van der Waals surface area contributed by atoms with E-state index in [0.717, 1.165) is 39.4 Å². The minimum Gasteiger partial charge on any atom is -0.294 e. The molecule has 3 unspecified atom stereocenters. The molecule has 3 aromatic heterocycles. The summed E-state index contributed by atoms with van der Waals surface area (Å²) < 4.78 is 2.34. The first-order valence-corrected chi connectivity index (χ1v) is 19.4. The maximum absolute atomic E-state index is 5.34. The van der Waals surface area contributed by atoms with E-state index in [9.17, 15) is 0 Å². The van der Waals surface area contributed by atoms with Crippen molar-refractivity contribution in [1.82, 2.24) is 14.5 Å². The first-order valence-electron chi connectivity index (χ1n) is 19.4. The summed E-state index contributed by atoms with van der Waals surface area (Å²) in [5.41, 5.74) is 13.7. The Kier molecular flexibility index (Phi) is 7.53. The Morgan fingerprint density at radius 1 is 0.518 bits per heavy atom. The molecule has 0 fully saturated rings. The van der Waals surface area contributed by atoms with E-state index in [-0.39, 0.29) is 11.8 Å². The highest BCUT2D eigenvalue weighted by atomic mass is 15.1. The number of pyridine rings is 2. The SMILES string of the molecule is C1=CC2C(C=C1c1ccc3c(c1)c1ccccc1n3-c1cc(-c3ccccc3)cc(-c3ccccc3)n1)c1ccccc1C2(c1ccccc1)c1ccccn1. The van der Waals surface area contributed by atoms with Crippen molar-refractivity contribution < 1.29 is 0 Å². The average molecular weight is 716 g/mol. The quantitative estimate of drug-likeness (QED) is 0.172. The summed E-state index contributed by atoms with van der Waals surface area (Å²) in [7, 11) is 0. The van der Waals surface area contributed by atoms with E-state index in [1.807, 2.05) is 12.3 Å². The summed E-state index contributed by atoms with van der Waals surface area (Å²) in [6.07, 6.45) is 9.25. The third-order valence-electron chi connectivity index (χ3n) is 12.0. The second kappa shape index (κ2) is 13.0. The topological polar surface area (TPSA) is 30.7 Å². The van der Waals surface area contributed by atoms with Gasteiger partial charge >= 0.3 is 0 Å². The molecular weight excluding hydrogens is 679 g/mol. The van der Waals surface area contributed by atoms with E-state index in [1.54, 1.807) is 0 Å². The number of benzene rings is 6. The molecule has 9 aromatic rings. The molecule has 264 valence electrons. The number of hydrogen-bond donors (Lipinski definition) is 0. The van der Waals surface area contributed by atoms with Crippen molar-refractivity contribution in [2.45, 2.75) is 11.3 Å². The summed E-state index contributed by atoms with van der Waals surface area (Å²) >= 11 is 0. The molecule has 3 heteroatoms. The molecule has 0 spiro atoms. The lowest BCUT2D eigenvalue weighted by Crippen LogP contribution is -2.36. The van der Waals surface area contributed by atoms with Gasteiger partial charge in [-0.1, -0.05) is 164 Å². The van der Waals surface area contributed by atoms with Gasteiger partial charge in [-0.15, -0.1) is 0 Å². The van der Waals surface area contributed by atoms with Crippen molar-refractivity contribution in [3.8, 4) is 28.2 Å². The molecule has 0 saturated carbocycles. The Labute approximate surface area is 326 Å². The van der Waals surface area contributed by atoms with Gasteiger partial charge in [-0.3, -0.25) is 9.55 Å². The number of nitrogens with zero attached hydrogens (tertiary/aromatic N) is 3. The molecular formula is C53H37N3. The van der Waals surface area contributed by atoms with Gasteiger partial charge in [0.25, 0.3) is 0 Å². The Morgan fingerprint density at radius 2 is 1.21 bits per heavy atom. The molecule has 3 nitrogen and oxygen atoms in total. The van der Waals surface area contributed by atoms with Gasteiger partial charge < -0.3 is 0 Å². The molecule has 11 rings (SSSR count). The summed E-state index contributed by atoms with van der Waals surface area (Å²) in [4.78, 5) is 10.4. The van der Waals surface area contributed by atoms with Crippen LogP contribution in [0.25, 0.3) is 55.6 Å². The zero-order valence-corrected chi connectivity index (χ0v) is 30.7. The fraction of sp³-hybridized carbons (Fsp3) is 0.0566. The van der Waals surface area contributed by atoms with E-state index >= 15 is 0 Å². The molecule has 0 N–H and O–H groups in total. The van der Waals surface area contributed by atoms with Crippen LogP contribution in [-0.4, -0.2) is 14.5 Å². The Balaban J connectivity index is 1.07. The van der Waals surface area contributed by atoms with Crippen molar-refractivity contribution in [3.63, 3.8) is 0 Å². The summed E-state index contributed by atoms with van der Waals surface area (Å²) in [6, 6.07) is 67.5. The third kappa shape index (κ3) is 4.98. The summed E-state index contributed by atoms with van der Waals surface area (Å²) in [5, 5.41) is 2.42. The first-order chi connectivity index (χ1) is 27.8. The second-order valence-electron chi connectivity index (χ2n) is 14.9. The normalized spacial score (nSPS) is 18.5. The van der Waals surface area contributed by atoms with Crippen molar-refractivity contribution >= 4 is 27.4 Å². The lowest BCUT2D eigenvalue weighted by atomic mass is 9.64.